The van der Waals surface area contributed by atoms with Gasteiger partial charge in [-0.25, -0.2) is 0 Å². The summed E-state index contributed by atoms with van der Waals surface area (Å²) in [4.78, 5) is 0. The highest BCUT2D eigenvalue weighted by Crippen LogP contribution is 2.79. The number of nitrogens with zero attached hydrogens (tertiary/aromatic N) is 1. The topological polar surface area (TPSA) is 30.9 Å². The van der Waals surface area contributed by atoms with Crippen LogP contribution in [0, 0.1) is 0 Å². The minimum Gasteiger partial charge on any atom is -0.153 e. The quantitative estimate of drug-likeness (QED) is 0.734. The Morgan fingerprint density at radius 3 is 2.15 bits per heavy atom. The first-order valence-corrected chi connectivity index (χ1v) is 8.51. The highest BCUT2D eigenvalue weighted by atomic mass is 31.2. The molecular weight excluding hydrogens is 273 g/mol. The van der Waals surface area contributed by atoms with E-state index in [9.17, 15) is 0 Å². The molecule has 0 N–H and O–H groups in total. The van der Waals surface area contributed by atoms with Crippen LogP contribution < -0.4 is 0 Å². The van der Waals surface area contributed by atoms with Crippen molar-refractivity contribution in [2.24, 2.45) is 0 Å². The fourth-order valence-corrected chi connectivity index (χ4v) is 5.46. The zero-order valence-electron chi connectivity index (χ0n) is 12.8. The van der Waals surface area contributed by atoms with Gasteiger partial charge in [0.1, 0.15) is 11.2 Å². The zero-order chi connectivity index (χ0) is 14.6. The predicted octanol–water partition coefficient (Wildman–Crippen LogP) is 3.97. The second-order valence-electron chi connectivity index (χ2n) is 6.52. The smallest absolute Gasteiger partial charge is 0.153 e. The maximum atomic E-state index is 6.27. The van der Waals surface area contributed by atoms with E-state index in [0.717, 1.165) is 6.54 Å². The first-order chi connectivity index (χ1) is 9.26. The van der Waals surface area contributed by atoms with Gasteiger partial charge in [0.2, 0.25) is 0 Å². The van der Waals surface area contributed by atoms with Crippen LogP contribution in [0.4, 0.5) is 0 Å². The Labute approximate surface area is 121 Å². The molecule has 2 aliphatic rings. The van der Waals surface area contributed by atoms with Gasteiger partial charge in [-0.2, -0.15) is 13.6 Å². The molecule has 3 rings (SSSR count). The average Bonchev–Trinajstić information content (AvgIpc) is 2.75. The van der Waals surface area contributed by atoms with Crippen molar-refractivity contribution in [3.05, 3.63) is 35.9 Å². The van der Waals surface area contributed by atoms with Gasteiger partial charge in [-0.3, -0.25) is 0 Å². The van der Waals surface area contributed by atoms with Crippen LogP contribution in [0.3, 0.4) is 0 Å². The molecule has 4 nitrogen and oxygen atoms in total. The molecule has 2 aliphatic heterocycles. The van der Waals surface area contributed by atoms with Crippen LogP contribution in [-0.4, -0.2) is 29.5 Å². The van der Waals surface area contributed by atoms with Crippen molar-refractivity contribution in [3.63, 3.8) is 0 Å². The molecule has 0 radical (unpaired) electrons. The lowest BCUT2D eigenvalue weighted by atomic mass is 9.90. The molecule has 2 fully saturated rings. The first-order valence-electron chi connectivity index (χ1n) is 7.01. The summed E-state index contributed by atoms with van der Waals surface area (Å²) in [5, 5.41) is 0. The number of hydrogen-bond acceptors (Lipinski definition) is 4. The molecule has 0 bridgehead atoms. The second kappa shape index (κ2) is 4.49. The molecule has 1 spiro atoms. The molecular formula is C15H23NO3P+. The van der Waals surface area contributed by atoms with E-state index in [1.807, 2.05) is 25.2 Å². The number of rotatable bonds is 1. The molecule has 2 saturated heterocycles. The SMILES string of the molecule is CN1CC(c2ccccc2)O[P+]12OC(C)(C)C(C)(C)O2. The van der Waals surface area contributed by atoms with Crippen molar-refractivity contribution in [1.29, 1.82) is 0 Å². The monoisotopic (exact) mass is 296 g/mol. The van der Waals surface area contributed by atoms with Gasteiger partial charge in [0.25, 0.3) is 0 Å². The van der Waals surface area contributed by atoms with Gasteiger partial charge in [0, 0.05) is 7.05 Å². The van der Waals surface area contributed by atoms with Crippen molar-refractivity contribution in [2.45, 2.75) is 45.0 Å². The lowest BCUT2D eigenvalue weighted by Gasteiger charge is -2.24. The molecule has 1 unspecified atom stereocenters. The molecule has 0 saturated carbocycles. The maximum absolute atomic E-state index is 6.27. The summed E-state index contributed by atoms with van der Waals surface area (Å²) in [6.07, 6.45) is 0.0132. The molecule has 20 heavy (non-hydrogen) atoms. The Hall–Kier alpha value is -0.510. The standard InChI is InChI=1S/C15H23NO3P/c1-14(2)15(3,4)19-20(18-14)16(5)11-13(17-20)12-9-7-6-8-10-12/h6-10,13H,11H2,1-5H3/q+1. The fraction of sp³-hybridized carbons (Fsp3) is 0.600. The van der Waals surface area contributed by atoms with Gasteiger partial charge in [-0.15, -0.1) is 4.67 Å². The summed E-state index contributed by atoms with van der Waals surface area (Å²) >= 11 is 0. The highest BCUT2D eigenvalue weighted by Gasteiger charge is 2.73. The number of benzene rings is 1. The molecule has 0 amide bonds. The van der Waals surface area contributed by atoms with E-state index < -0.39 is 8.09 Å². The molecule has 2 heterocycles. The Kier molecular flexibility index (Phi) is 3.24. The summed E-state index contributed by atoms with van der Waals surface area (Å²) in [6.45, 7) is 9.05. The molecule has 1 aromatic rings. The number of hydrogen-bond donors (Lipinski definition) is 0. The van der Waals surface area contributed by atoms with Crippen molar-refractivity contribution in [2.75, 3.05) is 13.6 Å². The molecule has 1 atom stereocenters. The van der Waals surface area contributed by atoms with Gasteiger partial charge >= 0.3 is 8.09 Å². The maximum Gasteiger partial charge on any atom is 0.506 e. The third-order valence-corrected chi connectivity index (χ3v) is 7.31. The Balaban J connectivity index is 1.87. The predicted molar refractivity (Wildman–Crippen MR) is 80.1 cm³/mol. The van der Waals surface area contributed by atoms with E-state index >= 15 is 0 Å². The summed E-state index contributed by atoms with van der Waals surface area (Å²) in [5.41, 5.74) is 0.451. The minimum absolute atomic E-state index is 0.0132. The highest BCUT2D eigenvalue weighted by molar-refractivity contribution is 7.59. The Bertz CT molecular complexity index is 487. The lowest BCUT2D eigenvalue weighted by molar-refractivity contribution is 0.00578. The summed E-state index contributed by atoms with van der Waals surface area (Å²) in [5.74, 6) is 0. The van der Waals surface area contributed by atoms with E-state index in [-0.39, 0.29) is 17.3 Å². The fourth-order valence-electron chi connectivity index (χ4n) is 2.45. The van der Waals surface area contributed by atoms with Crippen LogP contribution in [0.25, 0.3) is 0 Å². The van der Waals surface area contributed by atoms with Crippen molar-refractivity contribution in [1.82, 2.24) is 4.67 Å². The van der Waals surface area contributed by atoms with Crippen LogP contribution in [0.5, 0.6) is 0 Å². The van der Waals surface area contributed by atoms with Crippen LogP contribution >= 0.6 is 8.09 Å². The van der Waals surface area contributed by atoms with Crippen LogP contribution in [0.2, 0.25) is 0 Å². The van der Waals surface area contributed by atoms with Crippen molar-refractivity contribution >= 4 is 8.09 Å². The molecule has 1 aromatic carbocycles. The zero-order valence-corrected chi connectivity index (χ0v) is 13.7. The summed E-state index contributed by atoms with van der Waals surface area (Å²) in [7, 11) is -0.398. The van der Waals surface area contributed by atoms with Crippen molar-refractivity contribution in [3.8, 4) is 0 Å². The lowest BCUT2D eigenvalue weighted by Crippen LogP contribution is -2.41. The van der Waals surface area contributed by atoms with Gasteiger partial charge < -0.3 is 0 Å². The first kappa shape index (κ1) is 14.4. The minimum atomic E-state index is -2.42. The van der Waals surface area contributed by atoms with Crippen LogP contribution in [-0.2, 0) is 13.6 Å². The molecule has 0 aromatic heterocycles. The Morgan fingerprint density at radius 2 is 1.60 bits per heavy atom. The van der Waals surface area contributed by atoms with Crippen molar-refractivity contribution < 1.29 is 13.6 Å². The van der Waals surface area contributed by atoms with E-state index in [0.29, 0.717) is 0 Å². The number of likely N-dealkylation sites (N-methyl/N-ethyl adjacent to an activating group) is 1. The normalized spacial score (nSPS) is 30.9. The van der Waals surface area contributed by atoms with E-state index in [4.69, 9.17) is 13.6 Å². The largest absolute Gasteiger partial charge is 0.506 e. The van der Waals surface area contributed by atoms with Gasteiger partial charge in [-0.05, 0) is 33.3 Å². The molecule has 5 heteroatoms. The van der Waals surface area contributed by atoms with Gasteiger partial charge in [0.15, 0.2) is 6.10 Å². The third-order valence-electron chi connectivity index (χ3n) is 4.42. The molecule has 110 valence electrons. The van der Waals surface area contributed by atoms with Crippen LogP contribution in [0.15, 0.2) is 30.3 Å². The van der Waals surface area contributed by atoms with Gasteiger partial charge in [-0.1, -0.05) is 30.3 Å². The van der Waals surface area contributed by atoms with E-state index in [2.05, 4.69) is 44.5 Å². The molecule has 0 aliphatic carbocycles. The average molecular weight is 296 g/mol. The summed E-state index contributed by atoms with van der Waals surface area (Å²) < 4.78 is 20.9. The second-order valence-corrected chi connectivity index (χ2v) is 8.71. The van der Waals surface area contributed by atoms with Gasteiger partial charge in [0.05, 0.1) is 6.54 Å². The summed E-state index contributed by atoms with van der Waals surface area (Å²) in [6, 6.07) is 10.3. The van der Waals surface area contributed by atoms with E-state index in [1.165, 1.54) is 5.56 Å². The van der Waals surface area contributed by atoms with E-state index in [1.54, 1.807) is 0 Å². The Morgan fingerprint density at radius 1 is 1.05 bits per heavy atom. The van der Waals surface area contributed by atoms with Crippen LogP contribution in [0.1, 0.15) is 39.4 Å². The third kappa shape index (κ3) is 2.11.